The molecule has 4 rings (SSSR count). The number of nitrogens with one attached hydrogen (secondary N) is 1. The number of sulfonamides is 1. The molecule has 0 aliphatic carbocycles. The van der Waals surface area contributed by atoms with Gasteiger partial charge in [0.15, 0.2) is 0 Å². The van der Waals surface area contributed by atoms with E-state index in [4.69, 9.17) is 4.42 Å². The van der Waals surface area contributed by atoms with Crippen molar-refractivity contribution in [2.75, 3.05) is 13.1 Å². The van der Waals surface area contributed by atoms with Crippen molar-refractivity contribution < 1.29 is 17.6 Å². The van der Waals surface area contributed by atoms with Crippen LogP contribution >= 0.6 is 0 Å². The van der Waals surface area contributed by atoms with Crippen LogP contribution in [0, 0.1) is 0 Å². The van der Waals surface area contributed by atoms with Gasteiger partial charge in [0.25, 0.3) is 0 Å². The first kappa shape index (κ1) is 18.4. The van der Waals surface area contributed by atoms with Crippen LogP contribution in [0.25, 0.3) is 11.0 Å². The Morgan fingerprint density at radius 3 is 2.61 bits per heavy atom. The minimum atomic E-state index is -3.87. The van der Waals surface area contributed by atoms with E-state index in [1.54, 1.807) is 0 Å². The third-order valence-corrected chi connectivity index (χ3v) is 6.47. The molecule has 3 aromatic rings. The Morgan fingerprint density at radius 1 is 1.04 bits per heavy atom. The van der Waals surface area contributed by atoms with Crippen LogP contribution in [0.4, 0.5) is 0 Å². The summed E-state index contributed by atoms with van der Waals surface area (Å²) in [5.41, 5.74) is 0.831. The Bertz CT molecular complexity index is 1190. The van der Waals surface area contributed by atoms with E-state index in [0.717, 1.165) is 5.56 Å². The summed E-state index contributed by atoms with van der Waals surface area (Å²) in [7, 11) is -3.87. The van der Waals surface area contributed by atoms with Gasteiger partial charge in [0.05, 0.1) is 11.4 Å². The number of rotatable bonds is 4. The van der Waals surface area contributed by atoms with E-state index in [1.807, 2.05) is 30.3 Å². The van der Waals surface area contributed by atoms with E-state index in [0.29, 0.717) is 17.4 Å². The number of amides is 1. The number of carbonyl (C=O) groups is 1. The lowest BCUT2D eigenvalue weighted by molar-refractivity contribution is -0.123. The van der Waals surface area contributed by atoms with Crippen LogP contribution in [-0.4, -0.2) is 37.8 Å². The molecular formula is C20H18N2O5S. The molecule has 0 unspecified atom stereocenters. The number of hydrogen-bond donors (Lipinski definition) is 1. The fourth-order valence-corrected chi connectivity index (χ4v) is 4.82. The number of nitrogens with zero attached hydrogens (tertiary/aromatic N) is 1. The Balaban J connectivity index is 1.61. The minimum absolute atomic E-state index is 0.0574. The van der Waals surface area contributed by atoms with Gasteiger partial charge in [-0.2, -0.15) is 4.31 Å². The zero-order valence-electron chi connectivity index (χ0n) is 14.9. The molecule has 0 bridgehead atoms. The highest BCUT2D eigenvalue weighted by molar-refractivity contribution is 7.89. The second-order valence-electron chi connectivity index (χ2n) is 6.71. The maximum atomic E-state index is 13.1. The van der Waals surface area contributed by atoms with E-state index in [2.05, 4.69) is 5.32 Å². The molecule has 8 heteroatoms. The monoisotopic (exact) mass is 398 g/mol. The van der Waals surface area contributed by atoms with Crippen LogP contribution in [0.1, 0.15) is 5.56 Å². The molecule has 1 aromatic heterocycles. The first-order valence-corrected chi connectivity index (χ1v) is 10.2. The number of benzene rings is 2. The third kappa shape index (κ3) is 3.69. The molecule has 7 nitrogen and oxygen atoms in total. The smallest absolute Gasteiger partial charge is 0.336 e. The van der Waals surface area contributed by atoms with E-state index in [1.165, 1.54) is 34.6 Å². The second kappa shape index (κ2) is 7.21. The van der Waals surface area contributed by atoms with Gasteiger partial charge >= 0.3 is 5.63 Å². The largest absolute Gasteiger partial charge is 0.423 e. The molecule has 2 heterocycles. The van der Waals surface area contributed by atoms with E-state index < -0.39 is 15.6 Å². The lowest BCUT2D eigenvalue weighted by atomic mass is 10.0. The first-order chi connectivity index (χ1) is 13.4. The fourth-order valence-electron chi connectivity index (χ4n) is 3.35. The van der Waals surface area contributed by atoms with Gasteiger partial charge in [0.2, 0.25) is 15.9 Å². The lowest BCUT2D eigenvalue weighted by Gasteiger charge is -2.32. The molecule has 1 N–H and O–H groups in total. The van der Waals surface area contributed by atoms with E-state index in [9.17, 15) is 18.0 Å². The van der Waals surface area contributed by atoms with Crippen LogP contribution in [0.5, 0.6) is 0 Å². The topological polar surface area (TPSA) is 96.7 Å². The molecule has 1 atom stereocenters. The molecular weight excluding hydrogens is 380 g/mol. The summed E-state index contributed by atoms with van der Waals surface area (Å²) < 4.78 is 32.4. The maximum Gasteiger partial charge on any atom is 0.336 e. The van der Waals surface area contributed by atoms with Gasteiger partial charge in [-0.25, -0.2) is 13.2 Å². The highest BCUT2D eigenvalue weighted by Gasteiger charge is 2.33. The zero-order chi connectivity index (χ0) is 19.7. The molecule has 1 aliphatic heterocycles. The molecule has 144 valence electrons. The summed E-state index contributed by atoms with van der Waals surface area (Å²) in [6.45, 7) is -0.0413. The molecule has 28 heavy (non-hydrogen) atoms. The van der Waals surface area contributed by atoms with Crippen LogP contribution in [0.3, 0.4) is 0 Å². The van der Waals surface area contributed by atoms with Gasteiger partial charge in [0, 0.05) is 24.0 Å². The van der Waals surface area contributed by atoms with Crippen molar-refractivity contribution in [3.05, 3.63) is 76.6 Å². The van der Waals surface area contributed by atoms with Crippen molar-refractivity contribution in [3.63, 3.8) is 0 Å². The van der Waals surface area contributed by atoms with Crippen molar-refractivity contribution >= 4 is 26.9 Å². The average Bonchev–Trinajstić information content (AvgIpc) is 2.68. The van der Waals surface area contributed by atoms with Crippen molar-refractivity contribution in [2.24, 2.45) is 0 Å². The Kier molecular flexibility index (Phi) is 4.74. The molecule has 1 saturated heterocycles. The molecule has 2 aromatic carbocycles. The van der Waals surface area contributed by atoms with Crippen LogP contribution in [0.15, 0.2) is 74.8 Å². The predicted octanol–water partition coefficient (Wildman–Crippen LogP) is 1.52. The summed E-state index contributed by atoms with van der Waals surface area (Å²) >= 11 is 0. The number of carbonyl (C=O) groups excluding carboxylic acids is 1. The van der Waals surface area contributed by atoms with Crippen molar-refractivity contribution in [1.29, 1.82) is 0 Å². The summed E-state index contributed by atoms with van der Waals surface area (Å²) in [5, 5.41) is 3.36. The number of piperazine rings is 1. The summed E-state index contributed by atoms with van der Waals surface area (Å²) in [6, 6.07) is 16.3. The SMILES string of the molecule is O=C1CN(S(=O)(=O)c2ccc3oc(=O)ccc3c2)C[C@H](Cc2ccccc2)N1. The highest BCUT2D eigenvalue weighted by atomic mass is 32.2. The predicted molar refractivity (Wildman–Crippen MR) is 103 cm³/mol. The van der Waals surface area contributed by atoms with E-state index >= 15 is 0 Å². The highest BCUT2D eigenvalue weighted by Crippen LogP contribution is 2.22. The number of hydrogen-bond acceptors (Lipinski definition) is 5. The summed E-state index contributed by atoms with van der Waals surface area (Å²) in [5.74, 6) is -0.331. The number of fused-ring (bicyclic) bond motifs is 1. The lowest BCUT2D eigenvalue weighted by Crippen LogP contribution is -2.56. The Morgan fingerprint density at radius 2 is 1.82 bits per heavy atom. The standard InChI is InChI=1S/C20H18N2O5S/c23-19-13-22(12-16(21-19)10-14-4-2-1-3-5-14)28(25,26)17-7-8-18-15(11-17)6-9-20(24)27-18/h1-9,11,16H,10,12-13H2,(H,21,23)/t16-/m0/s1. The van der Waals surface area contributed by atoms with Gasteiger partial charge in [-0.15, -0.1) is 0 Å². The van der Waals surface area contributed by atoms with Gasteiger partial charge in [-0.1, -0.05) is 30.3 Å². The fraction of sp³-hybridized carbons (Fsp3) is 0.200. The van der Waals surface area contributed by atoms with Gasteiger partial charge in [-0.05, 0) is 36.2 Å². The van der Waals surface area contributed by atoms with Crippen LogP contribution < -0.4 is 10.9 Å². The summed E-state index contributed by atoms with van der Waals surface area (Å²) in [6.07, 6.45) is 0.543. The van der Waals surface area contributed by atoms with Gasteiger partial charge < -0.3 is 9.73 Å². The molecule has 1 fully saturated rings. The van der Waals surface area contributed by atoms with Crippen LogP contribution in [0.2, 0.25) is 0 Å². The van der Waals surface area contributed by atoms with E-state index in [-0.39, 0.29) is 29.9 Å². The molecule has 0 spiro atoms. The quantitative estimate of drug-likeness (QED) is 0.672. The van der Waals surface area contributed by atoms with Crippen molar-refractivity contribution in [3.8, 4) is 0 Å². The van der Waals surface area contributed by atoms with Gasteiger partial charge in [-0.3, -0.25) is 4.79 Å². The van der Waals surface area contributed by atoms with Crippen LogP contribution in [-0.2, 0) is 21.2 Å². The Labute approximate surface area is 161 Å². The summed E-state index contributed by atoms with van der Waals surface area (Å²) in [4.78, 5) is 23.5. The molecule has 0 saturated carbocycles. The first-order valence-electron chi connectivity index (χ1n) is 8.79. The zero-order valence-corrected chi connectivity index (χ0v) is 15.7. The normalized spacial score (nSPS) is 18.1. The van der Waals surface area contributed by atoms with Crippen molar-refractivity contribution in [2.45, 2.75) is 17.4 Å². The Hall–Kier alpha value is -2.97. The minimum Gasteiger partial charge on any atom is -0.423 e. The van der Waals surface area contributed by atoms with Crippen molar-refractivity contribution in [1.82, 2.24) is 9.62 Å². The molecule has 0 radical (unpaired) electrons. The third-order valence-electron chi connectivity index (χ3n) is 4.66. The second-order valence-corrected chi connectivity index (χ2v) is 8.64. The van der Waals surface area contributed by atoms with Gasteiger partial charge in [0.1, 0.15) is 5.58 Å². The average molecular weight is 398 g/mol. The molecule has 1 aliphatic rings. The maximum absolute atomic E-state index is 13.1. The molecule has 1 amide bonds.